The predicted molar refractivity (Wildman–Crippen MR) is 73.0 cm³/mol. The molecule has 0 fully saturated rings. The van der Waals surface area contributed by atoms with Gasteiger partial charge in [0.25, 0.3) is 0 Å². The number of rotatable bonds is 6. The van der Waals surface area contributed by atoms with Gasteiger partial charge in [0.2, 0.25) is 0 Å². The van der Waals surface area contributed by atoms with Crippen molar-refractivity contribution < 1.29 is 0 Å². The number of benzene rings is 1. The zero-order valence-corrected chi connectivity index (χ0v) is 11.2. The van der Waals surface area contributed by atoms with Gasteiger partial charge in [0, 0.05) is 0 Å². The summed E-state index contributed by atoms with van der Waals surface area (Å²) in [7, 11) is 2.88. The SMILES string of the molecule is CCCCc1cccc(P)c1CCCC. The highest BCUT2D eigenvalue weighted by Crippen LogP contribution is 2.15. The minimum absolute atomic E-state index is 1.25. The summed E-state index contributed by atoms with van der Waals surface area (Å²) in [6.45, 7) is 4.52. The van der Waals surface area contributed by atoms with Crippen LogP contribution in [0.2, 0.25) is 0 Å². The van der Waals surface area contributed by atoms with E-state index in [-0.39, 0.29) is 0 Å². The molecule has 0 heterocycles. The van der Waals surface area contributed by atoms with E-state index in [0.717, 1.165) is 0 Å². The summed E-state index contributed by atoms with van der Waals surface area (Å²) in [5.74, 6) is 0. The standard InChI is InChI=1S/C14H23P/c1-3-5-8-12-9-7-11-14(15)13(12)10-6-4-2/h7,9,11H,3-6,8,10,15H2,1-2H3. The Morgan fingerprint density at radius 2 is 1.67 bits per heavy atom. The van der Waals surface area contributed by atoms with E-state index in [1.807, 2.05) is 0 Å². The highest BCUT2D eigenvalue weighted by Gasteiger charge is 2.04. The average molecular weight is 222 g/mol. The van der Waals surface area contributed by atoms with Crippen LogP contribution in [0, 0.1) is 0 Å². The molecule has 0 aliphatic rings. The van der Waals surface area contributed by atoms with Crippen molar-refractivity contribution in [1.29, 1.82) is 0 Å². The van der Waals surface area contributed by atoms with Gasteiger partial charge in [-0.2, -0.15) is 0 Å². The molecule has 0 radical (unpaired) electrons. The minimum atomic E-state index is 1.25. The number of hydrogen-bond acceptors (Lipinski definition) is 0. The van der Waals surface area contributed by atoms with Crippen molar-refractivity contribution in [3.05, 3.63) is 29.3 Å². The van der Waals surface area contributed by atoms with Crippen molar-refractivity contribution in [3.8, 4) is 0 Å². The number of hydrogen-bond donors (Lipinski definition) is 0. The Labute approximate surface area is 96.7 Å². The molecule has 1 unspecified atom stereocenters. The highest BCUT2D eigenvalue weighted by molar-refractivity contribution is 7.27. The zero-order chi connectivity index (χ0) is 11.1. The number of aryl methyl sites for hydroxylation is 1. The van der Waals surface area contributed by atoms with Gasteiger partial charge in [0.05, 0.1) is 0 Å². The maximum atomic E-state index is 2.88. The first kappa shape index (κ1) is 12.7. The Hall–Kier alpha value is -0.350. The van der Waals surface area contributed by atoms with E-state index in [4.69, 9.17) is 0 Å². The van der Waals surface area contributed by atoms with Crippen LogP contribution in [0.15, 0.2) is 18.2 Å². The van der Waals surface area contributed by atoms with Gasteiger partial charge >= 0.3 is 0 Å². The van der Waals surface area contributed by atoms with Gasteiger partial charge in [-0.3, -0.25) is 0 Å². The molecule has 1 atom stereocenters. The Morgan fingerprint density at radius 3 is 2.33 bits per heavy atom. The van der Waals surface area contributed by atoms with E-state index in [2.05, 4.69) is 41.3 Å². The van der Waals surface area contributed by atoms with E-state index in [1.165, 1.54) is 43.8 Å². The van der Waals surface area contributed by atoms with Gasteiger partial charge in [0.1, 0.15) is 0 Å². The second kappa shape index (κ2) is 7.01. The molecule has 15 heavy (non-hydrogen) atoms. The van der Waals surface area contributed by atoms with Crippen LogP contribution in [-0.2, 0) is 12.8 Å². The average Bonchev–Trinajstić information content (AvgIpc) is 2.25. The zero-order valence-electron chi connectivity index (χ0n) is 10.1. The molecule has 1 aromatic rings. The lowest BCUT2D eigenvalue weighted by molar-refractivity contribution is 0.761. The minimum Gasteiger partial charge on any atom is -0.105 e. The molecular formula is C14H23P. The van der Waals surface area contributed by atoms with E-state index in [0.29, 0.717) is 0 Å². The lowest BCUT2D eigenvalue weighted by Gasteiger charge is -2.11. The summed E-state index contributed by atoms with van der Waals surface area (Å²) in [5.41, 5.74) is 3.15. The first-order valence-electron chi connectivity index (χ1n) is 6.15. The van der Waals surface area contributed by atoms with Gasteiger partial charge in [-0.25, -0.2) is 0 Å². The fourth-order valence-corrected chi connectivity index (χ4v) is 2.36. The molecule has 0 aliphatic carbocycles. The van der Waals surface area contributed by atoms with Crippen molar-refractivity contribution >= 4 is 14.5 Å². The topological polar surface area (TPSA) is 0 Å². The van der Waals surface area contributed by atoms with Gasteiger partial charge in [-0.15, -0.1) is 9.24 Å². The smallest absolute Gasteiger partial charge is 0.0268 e. The van der Waals surface area contributed by atoms with Crippen LogP contribution in [0.5, 0.6) is 0 Å². The Kier molecular flexibility index (Phi) is 5.95. The Balaban J connectivity index is 2.77. The second-order valence-corrected chi connectivity index (χ2v) is 4.81. The van der Waals surface area contributed by atoms with Gasteiger partial charge < -0.3 is 0 Å². The molecule has 0 aliphatic heterocycles. The summed E-state index contributed by atoms with van der Waals surface area (Å²) in [4.78, 5) is 0. The third-order valence-electron chi connectivity index (χ3n) is 2.89. The highest BCUT2D eigenvalue weighted by atomic mass is 31.0. The fourth-order valence-electron chi connectivity index (χ4n) is 1.91. The predicted octanol–water partition coefficient (Wildman–Crippen LogP) is 3.87. The lowest BCUT2D eigenvalue weighted by atomic mass is 9.98. The molecule has 0 amide bonds. The number of unbranched alkanes of at least 4 members (excludes halogenated alkanes) is 2. The summed E-state index contributed by atoms with van der Waals surface area (Å²) >= 11 is 0. The molecule has 0 spiro atoms. The third-order valence-corrected chi connectivity index (χ3v) is 3.43. The molecule has 1 aromatic carbocycles. The van der Waals surface area contributed by atoms with Crippen LogP contribution in [-0.4, -0.2) is 0 Å². The largest absolute Gasteiger partial charge is 0.105 e. The van der Waals surface area contributed by atoms with Crippen LogP contribution in [0.4, 0.5) is 0 Å². The van der Waals surface area contributed by atoms with Gasteiger partial charge in [-0.05, 0) is 42.1 Å². The first-order valence-corrected chi connectivity index (χ1v) is 6.73. The molecule has 0 saturated carbocycles. The fraction of sp³-hybridized carbons (Fsp3) is 0.571. The van der Waals surface area contributed by atoms with Crippen LogP contribution in [0.1, 0.15) is 50.7 Å². The molecule has 1 heteroatoms. The quantitative estimate of drug-likeness (QED) is 0.641. The molecule has 0 nitrogen and oxygen atoms in total. The van der Waals surface area contributed by atoms with Crippen LogP contribution in [0.25, 0.3) is 0 Å². The summed E-state index contributed by atoms with van der Waals surface area (Å²) in [6, 6.07) is 6.70. The van der Waals surface area contributed by atoms with E-state index < -0.39 is 0 Å². The Bertz CT molecular complexity index is 291. The molecule has 1 rings (SSSR count). The summed E-state index contributed by atoms with van der Waals surface area (Å²) in [6.07, 6.45) is 7.69. The monoisotopic (exact) mass is 222 g/mol. The Morgan fingerprint density at radius 1 is 1.00 bits per heavy atom. The van der Waals surface area contributed by atoms with Crippen LogP contribution < -0.4 is 5.30 Å². The van der Waals surface area contributed by atoms with Crippen LogP contribution in [0.3, 0.4) is 0 Å². The van der Waals surface area contributed by atoms with Crippen molar-refractivity contribution in [2.45, 2.75) is 52.4 Å². The molecule has 0 N–H and O–H groups in total. The van der Waals surface area contributed by atoms with Gasteiger partial charge in [-0.1, -0.05) is 44.9 Å². The maximum Gasteiger partial charge on any atom is -0.0268 e. The summed E-state index contributed by atoms with van der Waals surface area (Å²) in [5, 5.41) is 1.40. The van der Waals surface area contributed by atoms with E-state index >= 15 is 0 Å². The summed E-state index contributed by atoms with van der Waals surface area (Å²) < 4.78 is 0. The molecular weight excluding hydrogens is 199 g/mol. The third kappa shape index (κ3) is 3.95. The van der Waals surface area contributed by atoms with Gasteiger partial charge in [0.15, 0.2) is 0 Å². The molecule has 0 aromatic heterocycles. The maximum absolute atomic E-state index is 2.88. The van der Waals surface area contributed by atoms with Crippen molar-refractivity contribution in [2.24, 2.45) is 0 Å². The van der Waals surface area contributed by atoms with E-state index in [9.17, 15) is 0 Å². The molecule has 0 saturated heterocycles. The van der Waals surface area contributed by atoms with Crippen molar-refractivity contribution in [1.82, 2.24) is 0 Å². The van der Waals surface area contributed by atoms with Crippen LogP contribution >= 0.6 is 9.24 Å². The first-order chi connectivity index (χ1) is 7.29. The van der Waals surface area contributed by atoms with E-state index in [1.54, 1.807) is 11.1 Å². The normalized spacial score (nSPS) is 10.6. The van der Waals surface area contributed by atoms with Crippen molar-refractivity contribution in [3.63, 3.8) is 0 Å². The van der Waals surface area contributed by atoms with Crippen molar-refractivity contribution in [2.75, 3.05) is 0 Å². The molecule has 0 bridgehead atoms. The lowest BCUT2D eigenvalue weighted by Crippen LogP contribution is -2.06. The molecule has 84 valence electrons. The second-order valence-electron chi connectivity index (χ2n) is 4.19.